The zero-order valence-corrected chi connectivity index (χ0v) is 19.1. The summed E-state index contributed by atoms with van der Waals surface area (Å²) in [6, 6.07) is 7.72. The summed E-state index contributed by atoms with van der Waals surface area (Å²) in [4.78, 5) is 41.8. The van der Waals surface area contributed by atoms with Crippen molar-refractivity contribution in [2.45, 2.75) is 90.1 Å². The highest BCUT2D eigenvalue weighted by Crippen LogP contribution is 2.17. The van der Waals surface area contributed by atoms with E-state index in [1.54, 1.807) is 4.57 Å². The number of nitrogens with one attached hydrogen (secondary N) is 1. The Labute approximate surface area is 189 Å². The Morgan fingerprint density at radius 3 is 2.59 bits per heavy atom. The van der Waals surface area contributed by atoms with Gasteiger partial charge in [0, 0.05) is 19.0 Å². The fourth-order valence-electron chi connectivity index (χ4n) is 4.25. The second-order valence-corrected chi connectivity index (χ2v) is 8.63. The van der Waals surface area contributed by atoms with Crippen molar-refractivity contribution in [2.24, 2.45) is 0 Å². The normalized spacial score (nSPS) is 15.2. The van der Waals surface area contributed by atoms with Gasteiger partial charge in [-0.05, 0) is 31.4 Å². The fourth-order valence-corrected chi connectivity index (χ4v) is 4.25. The van der Waals surface area contributed by atoms with Crippen LogP contribution in [0.25, 0.3) is 11.0 Å². The van der Waals surface area contributed by atoms with Crippen LogP contribution in [-0.4, -0.2) is 34.1 Å². The highest BCUT2D eigenvalue weighted by Gasteiger charge is 2.16. The predicted octanol–water partition coefficient (Wildman–Crippen LogP) is 3.90. The molecular formula is C25H35N3O4. The molecule has 32 heavy (non-hydrogen) atoms. The number of unbranched alkanes of at least 4 members (excludes halogenated alkanes) is 1. The lowest BCUT2D eigenvalue weighted by molar-refractivity contribution is -0.148. The van der Waals surface area contributed by atoms with E-state index in [0.29, 0.717) is 12.2 Å². The number of hydrogen-bond donors (Lipinski definition) is 1. The summed E-state index contributed by atoms with van der Waals surface area (Å²) in [5.74, 6) is -0.748. The number of esters is 1. The van der Waals surface area contributed by atoms with Gasteiger partial charge in [-0.25, -0.2) is 4.98 Å². The molecule has 7 heteroatoms. The highest BCUT2D eigenvalue weighted by atomic mass is 16.5. The maximum absolute atomic E-state index is 12.9. The van der Waals surface area contributed by atoms with Gasteiger partial charge in [0.25, 0.3) is 11.5 Å². The predicted molar refractivity (Wildman–Crippen MR) is 124 cm³/mol. The summed E-state index contributed by atoms with van der Waals surface area (Å²) in [7, 11) is 0. The minimum Gasteiger partial charge on any atom is -0.456 e. The summed E-state index contributed by atoms with van der Waals surface area (Å²) in [6.45, 7) is 2.43. The lowest BCUT2D eigenvalue weighted by Crippen LogP contribution is -2.38. The molecule has 1 fully saturated rings. The van der Waals surface area contributed by atoms with E-state index in [9.17, 15) is 14.4 Å². The van der Waals surface area contributed by atoms with Crippen molar-refractivity contribution in [3.8, 4) is 0 Å². The topological polar surface area (TPSA) is 90.3 Å². The van der Waals surface area contributed by atoms with Gasteiger partial charge in [0.2, 0.25) is 0 Å². The molecule has 1 N–H and O–H groups in total. The second kappa shape index (κ2) is 12.4. The molecule has 0 saturated heterocycles. The number of amides is 1. The van der Waals surface area contributed by atoms with Crippen molar-refractivity contribution in [1.82, 2.24) is 14.9 Å². The Bertz CT molecular complexity index is 961. The molecule has 1 aromatic carbocycles. The van der Waals surface area contributed by atoms with E-state index in [0.717, 1.165) is 49.6 Å². The van der Waals surface area contributed by atoms with Crippen molar-refractivity contribution >= 4 is 22.9 Å². The number of rotatable bonds is 9. The summed E-state index contributed by atoms with van der Waals surface area (Å²) < 4.78 is 6.90. The van der Waals surface area contributed by atoms with E-state index in [-0.39, 0.29) is 37.0 Å². The number of carbonyl (C=O) groups is 2. The molecule has 0 aliphatic heterocycles. The smallest absolute Gasteiger partial charge is 0.306 e. The molecule has 7 nitrogen and oxygen atoms in total. The maximum atomic E-state index is 12.9. The van der Waals surface area contributed by atoms with E-state index in [2.05, 4.69) is 17.2 Å². The van der Waals surface area contributed by atoms with Gasteiger partial charge >= 0.3 is 5.97 Å². The molecule has 2 aromatic rings. The number of ether oxygens (including phenoxy) is 1. The molecule has 0 radical (unpaired) electrons. The summed E-state index contributed by atoms with van der Waals surface area (Å²) in [6.07, 6.45) is 10.00. The van der Waals surface area contributed by atoms with Gasteiger partial charge in [0.1, 0.15) is 5.69 Å². The van der Waals surface area contributed by atoms with Crippen molar-refractivity contribution in [3.05, 3.63) is 40.3 Å². The molecule has 3 rings (SSSR count). The minimum atomic E-state index is -0.493. The van der Waals surface area contributed by atoms with Crippen LogP contribution in [0, 0.1) is 0 Å². The number of hydrogen-bond acceptors (Lipinski definition) is 5. The molecule has 174 valence electrons. The summed E-state index contributed by atoms with van der Waals surface area (Å²) >= 11 is 0. The van der Waals surface area contributed by atoms with Crippen LogP contribution in [0.1, 0.15) is 76.8 Å². The van der Waals surface area contributed by atoms with Crippen LogP contribution < -0.4 is 10.9 Å². The Morgan fingerprint density at radius 2 is 1.84 bits per heavy atom. The molecule has 1 amide bonds. The van der Waals surface area contributed by atoms with Crippen LogP contribution in [0.4, 0.5) is 0 Å². The lowest BCUT2D eigenvalue weighted by atomic mass is 9.97. The molecule has 1 heterocycles. The number of nitrogens with zero attached hydrogens (tertiary/aromatic N) is 2. The Hall–Kier alpha value is -2.70. The van der Waals surface area contributed by atoms with Crippen molar-refractivity contribution in [2.75, 3.05) is 6.61 Å². The first kappa shape index (κ1) is 24.0. The number of carbonyl (C=O) groups excluding carboxylic acids is 2. The Morgan fingerprint density at radius 1 is 1.12 bits per heavy atom. The molecule has 1 aliphatic carbocycles. The number of aromatic nitrogens is 2. The maximum Gasteiger partial charge on any atom is 0.306 e. The number of para-hydroxylation sites is 2. The average Bonchev–Trinajstić information content (AvgIpc) is 2.77. The van der Waals surface area contributed by atoms with Gasteiger partial charge in [0.15, 0.2) is 6.61 Å². The van der Waals surface area contributed by atoms with Gasteiger partial charge in [-0.3, -0.25) is 14.4 Å². The monoisotopic (exact) mass is 441 g/mol. The van der Waals surface area contributed by atoms with E-state index in [4.69, 9.17) is 4.74 Å². The molecule has 0 bridgehead atoms. The van der Waals surface area contributed by atoms with Crippen molar-refractivity contribution in [1.29, 1.82) is 0 Å². The van der Waals surface area contributed by atoms with Gasteiger partial charge in [-0.2, -0.15) is 0 Å². The molecule has 0 atom stereocenters. The van der Waals surface area contributed by atoms with Gasteiger partial charge in [-0.1, -0.05) is 57.6 Å². The van der Waals surface area contributed by atoms with Crippen LogP contribution >= 0.6 is 0 Å². The fraction of sp³-hybridized carbons (Fsp3) is 0.600. The standard InChI is InChI=1S/C25H35N3O4/c1-2-3-17-28-22-14-10-9-13-20(22)27-21(25(28)31)15-16-24(30)32-18-23(29)26-19-11-7-5-4-6-8-12-19/h9-10,13-14,19H,2-8,11-12,15-18H2,1H3,(H,26,29). The Kier molecular flexibility index (Phi) is 9.26. The van der Waals surface area contributed by atoms with Crippen LogP contribution in [0.15, 0.2) is 29.1 Å². The SMILES string of the molecule is CCCCn1c(=O)c(CCC(=O)OCC(=O)NC2CCCCCCC2)nc2ccccc21. The Balaban J connectivity index is 1.53. The average molecular weight is 442 g/mol. The third-order valence-corrected chi connectivity index (χ3v) is 6.06. The van der Waals surface area contributed by atoms with Crippen molar-refractivity contribution in [3.63, 3.8) is 0 Å². The number of benzene rings is 1. The quantitative estimate of drug-likeness (QED) is 0.596. The van der Waals surface area contributed by atoms with E-state index in [1.165, 1.54) is 19.3 Å². The van der Waals surface area contributed by atoms with Crippen LogP contribution in [0.5, 0.6) is 0 Å². The first-order valence-electron chi connectivity index (χ1n) is 12.0. The largest absolute Gasteiger partial charge is 0.456 e. The lowest BCUT2D eigenvalue weighted by Gasteiger charge is -2.20. The third kappa shape index (κ3) is 6.90. The summed E-state index contributed by atoms with van der Waals surface area (Å²) in [5, 5.41) is 2.99. The molecular weight excluding hydrogens is 406 g/mol. The minimum absolute atomic E-state index is 0.0189. The molecule has 0 spiro atoms. The van der Waals surface area contributed by atoms with E-state index >= 15 is 0 Å². The van der Waals surface area contributed by atoms with Crippen LogP contribution in [0.2, 0.25) is 0 Å². The number of aryl methyl sites for hydroxylation is 2. The van der Waals surface area contributed by atoms with Gasteiger partial charge in [-0.15, -0.1) is 0 Å². The van der Waals surface area contributed by atoms with Gasteiger partial charge in [0.05, 0.1) is 17.5 Å². The number of fused-ring (bicyclic) bond motifs is 1. The van der Waals surface area contributed by atoms with E-state index in [1.807, 2.05) is 24.3 Å². The second-order valence-electron chi connectivity index (χ2n) is 8.63. The zero-order chi connectivity index (χ0) is 22.8. The van der Waals surface area contributed by atoms with E-state index < -0.39 is 5.97 Å². The van der Waals surface area contributed by atoms with Crippen LogP contribution in [0.3, 0.4) is 0 Å². The molecule has 1 aromatic heterocycles. The first-order valence-corrected chi connectivity index (χ1v) is 12.0. The summed E-state index contributed by atoms with van der Waals surface area (Å²) in [5.41, 5.74) is 1.75. The third-order valence-electron chi connectivity index (χ3n) is 6.06. The van der Waals surface area contributed by atoms with Crippen LogP contribution in [-0.2, 0) is 27.3 Å². The molecule has 1 saturated carbocycles. The van der Waals surface area contributed by atoms with Gasteiger partial charge < -0.3 is 14.6 Å². The van der Waals surface area contributed by atoms with Crippen molar-refractivity contribution < 1.29 is 14.3 Å². The zero-order valence-electron chi connectivity index (χ0n) is 19.1. The highest BCUT2D eigenvalue weighted by molar-refractivity contribution is 5.80. The molecule has 1 aliphatic rings. The molecule has 0 unspecified atom stereocenters. The first-order chi connectivity index (χ1) is 15.6.